The molecule has 0 amide bonds. The molecule has 1 nitrogen and oxygen atoms in total. The van der Waals surface area contributed by atoms with Crippen molar-refractivity contribution in [3.63, 3.8) is 0 Å². The highest BCUT2D eigenvalue weighted by molar-refractivity contribution is 5.98. The number of rotatable bonds is 2. The van der Waals surface area contributed by atoms with E-state index in [1.807, 2.05) is 0 Å². The summed E-state index contributed by atoms with van der Waals surface area (Å²) in [7, 11) is 0. The quantitative estimate of drug-likeness (QED) is 0.280. The smallest absolute Gasteiger partial charge is 0.258 e. The van der Waals surface area contributed by atoms with Gasteiger partial charge in [0, 0.05) is 0 Å². The molecule has 0 heterocycles. The maximum atomic E-state index is 14.0. The fourth-order valence-corrected chi connectivity index (χ4v) is 2.17. The van der Waals surface area contributed by atoms with Gasteiger partial charge in [0.1, 0.15) is 5.56 Å². The summed E-state index contributed by atoms with van der Waals surface area (Å²) in [6.07, 6.45) is -5.95. The van der Waals surface area contributed by atoms with E-state index in [4.69, 9.17) is 5.41 Å². The highest BCUT2D eigenvalue weighted by Crippen LogP contribution is 2.40. The van der Waals surface area contributed by atoms with Crippen LogP contribution in [0, 0.1) is 57.8 Å². The molecule has 0 aliphatic heterocycles. The van der Waals surface area contributed by atoms with Gasteiger partial charge < -0.3 is 0 Å². The molecule has 0 spiro atoms. The van der Waals surface area contributed by atoms with Gasteiger partial charge in [0.2, 0.25) is 5.82 Å². The molecule has 0 aromatic heterocycles. The highest BCUT2D eigenvalue weighted by Gasteiger charge is 2.43. The van der Waals surface area contributed by atoms with Crippen LogP contribution in [0.15, 0.2) is 0 Å². The summed E-state index contributed by atoms with van der Waals surface area (Å²) in [5, 5.41) is 6.77. The standard InChI is InChI=1S/C15HF12N/c16-6-3(7(17)11(21)5(10(6)20)15(25,26)27)2(1-28)4-8(18)12(22)14(24)13(23)9(4)19/h28H. The van der Waals surface area contributed by atoms with E-state index < -0.39 is 80.8 Å². The molecule has 150 valence electrons. The third-order valence-electron chi connectivity index (χ3n) is 3.38. The van der Waals surface area contributed by atoms with Crippen LogP contribution in [-0.2, 0) is 6.18 Å². The first-order valence-electron chi connectivity index (χ1n) is 6.52. The van der Waals surface area contributed by atoms with E-state index in [0.717, 1.165) is 5.87 Å². The summed E-state index contributed by atoms with van der Waals surface area (Å²) in [5.74, 6) is -24.7. The van der Waals surface area contributed by atoms with Crippen LogP contribution in [0.4, 0.5) is 52.7 Å². The van der Waals surface area contributed by atoms with E-state index in [1.54, 1.807) is 0 Å². The normalized spacial score (nSPS) is 11.6. The Labute approximate surface area is 146 Å². The second-order valence-corrected chi connectivity index (χ2v) is 4.95. The number of hydrogen-bond donors (Lipinski definition) is 1. The van der Waals surface area contributed by atoms with Crippen LogP contribution in [0.1, 0.15) is 16.7 Å². The summed E-state index contributed by atoms with van der Waals surface area (Å²) in [6, 6.07) is 0. The van der Waals surface area contributed by atoms with Gasteiger partial charge in [0.05, 0.1) is 16.7 Å². The van der Waals surface area contributed by atoms with E-state index in [1.165, 1.54) is 0 Å². The Kier molecular flexibility index (Phi) is 5.26. The van der Waals surface area contributed by atoms with Crippen LogP contribution in [-0.4, -0.2) is 5.87 Å². The molecule has 0 radical (unpaired) electrons. The first-order chi connectivity index (χ1) is 12.8. The first-order valence-corrected chi connectivity index (χ1v) is 6.52. The average molecular weight is 423 g/mol. The van der Waals surface area contributed by atoms with Crippen molar-refractivity contribution < 1.29 is 52.7 Å². The summed E-state index contributed by atoms with van der Waals surface area (Å²) in [5.41, 5.74) is -9.67. The number of nitrogens with one attached hydrogen (secondary N) is 1. The van der Waals surface area contributed by atoms with Gasteiger partial charge in [0.25, 0.3) is 0 Å². The minimum Gasteiger partial charge on any atom is -0.258 e. The second-order valence-electron chi connectivity index (χ2n) is 4.95. The molecule has 0 saturated heterocycles. The zero-order chi connectivity index (χ0) is 21.7. The van der Waals surface area contributed by atoms with Crippen LogP contribution in [0.5, 0.6) is 0 Å². The molecule has 0 fully saturated rings. The van der Waals surface area contributed by atoms with Gasteiger partial charge in [-0.1, -0.05) is 0 Å². The SMILES string of the molecule is N=C=C(c1c(F)c(F)c(F)c(F)c1F)c1c(F)c(F)c(C(F)(F)F)c(F)c1F. The topological polar surface area (TPSA) is 23.9 Å². The number of benzene rings is 2. The van der Waals surface area contributed by atoms with Crippen LogP contribution in [0.2, 0.25) is 0 Å². The lowest BCUT2D eigenvalue weighted by Crippen LogP contribution is -2.18. The Bertz CT molecular complexity index is 988. The lowest BCUT2D eigenvalue weighted by Gasteiger charge is -2.16. The molecule has 1 N–H and O–H groups in total. The maximum Gasteiger partial charge on any atom is 0.422 e. The molecule has 28 heavy (non-hydrogen) atoms. The molecule has 2 aromatic rings. The lowest BCUT2D eigenvalue weighted by atomic mass is 9.94. The highest BCUT2D eigenvalue weighted by atomic mass is 19.4. The second kappa shape index (κ2) is 6.89. The molecular weight excluding hydrogens is 422 g/mol. The van der Waals surface area contributed by atoms with Crippen LogP contribution in [0.25, 0.3) is 5.57 Å². The molecule has 2 aromatic carbocycles. The van der Waals surface area contributed by atoms with Crippen molar-refractivity contribution in [2.45, 2.75) is 6.18 Å². The first kappa shape index (κ1) is 21.4. The largest absolute Gasteiger partial charge is 0.422 e. The molecule has 0 aliphatic rings. The molecule has 0 bridgehead atoms. The third-order valence-corrected chi connectivity index (χ3v) is 3.38. The Balaban J connectivity index is 3.00. The van der Waals surface area contributed by atoms with Crippen molar-refractivity contribution in [1.82, 2.24) is 0 Å². The van der Waals surface area contributed by atoms with Gasteiger partial charge in [-0.3, -0.25) is 5.41 Å². The number of alkyl halides is 3. The minimum absolute atomic E-state index is 0.821. The van der Waals surface area contributed by atoms with Gasteiger partial charge in [-0.15, -0.1) is 0 Å². The molecule has 0 atom stereocenters. The molecule has 0 unspecified atom stereocenters. The maximum absolute atomic E-state index is 14.0. The lowest BCUT2D eigenvalue weighted by molar-refractivity contribution is -0.143. The van der Waals surface area contributed by atoms with Crippen LogP contribution in [0.3, 0.4) is 0 Å². The predicted molar refractivity (Wildman–Crippen MR) is 67.7 cm³/mol. The zero-order valence-electron chi connectivity index (χ0n) is 12.5. The molecule has 13 heteroatoms. The zero-order valence-corrected chi connectivity index (χ0v) is 12.5. The molecular formula is C15HF12N. The fourth-order valence-electron chi connectivity index (χ4n) is 2.17. The number of halogens is 12. The van der Waals surface area contributed by atoms with Crippen molar-refractivity contribution in [2.24, 2.45) is 0 Å². The van der Waals surface area contributed by atoms with E-state index in [9.17, 15) is 52.7 Å². The van der Waals surface area contributed by atoms with Crippen molar-refractivity contribution >= 4 is 11.4 Å². The average Bonchev–Trinajstić information content (AvgIpc) is 2.61. The van der Waals surface area contributed by atoms with Gasteiger partial charge in [-0.2, -0.15) is 13.2 Å². The fraction of sp³-hybridized carbons (Fsp3) is 0.0667. The van der Waals surface area contributed by atoms with Crippen molar-refractivity contribution in [1.29, 1.82) is 5.41 Å². The summed E-state index contributed by atoms with van der Waals surface area (Å²) >= 11 is 0. The summed E-state index contributed by atoms with van der Waals surface area (Å²) < 4.78 is 160. The van der Waals surface area contributed by atoms with Crippen LogP contribution < -0.4 is 0 Å². The van der Waals surface area contributed by atoms with E-state index >= 15 is 0 Å². The predicted octanol–water partition coefficient (Wildman–Crippen LogP) is 5.64. The Morgan fingerprint density at radius 3 is 1.11 bits per heavy atom. The van der Waals surface area contributed by atoms with Crippen molar-refractivity contribution in [3.8, 4) is 0 Å². The number of hydrogen-bond acceptors (Lipinski definition) is 1. The Morgan fingerprint density at radius 2 is 0.821 bits per heavy atom. The van der Waals surface area contributed by atoms with E-state index in [0.29, 0.717) is 0 Å². The van der Waals surface area contributed by atoms with Gasteiger partial charge in [-0.05, 0) is 5.87 Å². The molecule has 2 rings (SSSR count). The summed E-state index contributed by atoms with van der Waals surface area (Å²) in [4.78, 5) is 0. The van der Waals surface area contributed by atoms with E-state index in [-0.39, 0.29) is 0 Å². The summed E-state index contributed by atoms with van der Waals surface area (Å²) in [6.45, 7) is 0. The van der Waals surface area contributed by atoms with Crippen molar-refractivity contribution in [2.75, 3.05) is 0 Å². The monoisotopic (exact) mass is 423 g/mol. The Morgan fingerprint density at radius 1 is 0.536 bits per heavy atom. The molecule has 0 aliphatic carbocycles. The van der Waals surface area contributed by atoms with Gasteiger partial charge in [-0.25, -0.2) is 39.5 Å². The van der Waals surface area contributed by atoms with E-state index in [2.05, 4.69) is 0 Å². The van der Waals surface area contributed by atoms with Crippen molar-refractivity contribution in [3.05, 3.63) is 69.0 Å². The van der Waals surface area contributed by atoms with Gasteiger partial charge in [0.15, 0.2) is 46.5 Å². The third kappa shape index (κ3) is 3.01. The Hall–Kier alpha value is -2.95. The minimum atomic E-state index is -5.95. The van der Waals surface area contributed by atoms with Crippen LogP contribution >= 0.6 is 0 Å². The molecule has 0 saturated carbocycles. The van der Waals surface area contributed by atoms with Gasteiger partial charge >= 0.3 is 6.18 Å².